The lowest BCUT2D eigenvalue weighted by atomic mass is 9.87. The maximum Gasteiger partial charge on any atom is 0.329 e. The van der Waals surface area contributed by atoms with Gasteiger partial charge in [0, 0.05) is 11.8 Å². The van der Waals surface area contributed by atoms with Crippen molar-refractivity contribution in [2.75, 3.05) is 19.7 Å². The van der Waals surface area contributed by atoms with Crippen molar-refractivity contribution in [1.29, 1.82) is 0 Å². The van der Waals surface area contributed by atoms with E-state index in [9.17, 15) is 4.79 Å². The molecule has 1 fully saturated rings. The molecule has 0 amide bonds. The van der Waals surface area contributed by atoms with E-state index < -0.39 is 11.6 Å². The number of nitrogens with one attached hydrogen (secondary N) is 1. The second kappa shape index (κ2) is 6.45. The van der Waals surface area contributed by atoms with Crippen LogP contribution in [0.2, 0.25) is 0 Å². The van der Waals surface area contributed by atoms with Crippen LogP contribution in [0.5, 0.6) is 0 Å². The standard InChI is InChI=1S/C13H17BrN2O3/c14-12-10(3-1-7-16-12)13(19-9-11(17)18)4-2-6-15-8-5-13/h1,3,7,15H,2,4-6,8-9H2,(H,17,18). The van der Waals surface area contributed by atoms with Gasteiger partial charge in [0.25, 0.3) is 0 Å². The Kier molecular flexibility index (Phi) is 4.90. The molecule has 2 N–H and O–H groups in total. The average molecular weight is 329 g/mol. The number of carboxylic acid groups (broad SMARTS) is 1. The first-order chi connectivity index (χ1) is 9.14. The molecule has 1 atom stereocenters. The van der Waals surface area contributed by atoms with E-state index in [1.807, 2.05) is 12.1 Å². The summed E-state index contributed by atoms with van der Waals surface area (Å²) in [6.45, 7) is 1.44. The molecule has 0 saturated carbocycles. The summed E-state index contributed by atoms with van der Waals surface area (Å²) in [5.74, 6) is -0.948. The minimum Gasteiger partial charge on any atom is -0.480 e. The van der Waals surface area contributed by atoms with Gasteiger partial charge in [-0.25, -0.2) is 9.78 Å². The van der Waals surface area contributed by atoms with Gasteiger partial charge < -0.3 is 15.2 Å². The molecule has 0 aliphatic carbocycles. The largest absolute Gasteiger partial charge is 0.480 e. The molecule has 1 aromatic rings. The Hall–Kier alpha value is -0.980. The van der Waals surface area contributed by atoms with Crippen LogP contribution in [0.4, 0.5) is 0 Å². The van der Waals surface area contributed by atoms with Gasteiger partial charge in [-0.15, -0.1) is 0 Å². The molecule has 19 heavy (non-hydrogen) atoms. The third-order valence-corrected chi connectivity index (χ3v) is 3.99. The fourth-order valence-corrected chi connectivity index (χ4v) is 3.07. The highest BCUT2D eigenvalue weighted by Crippen LogP contribution is 2.38. The summed E-state index contributed by atoms with van der Waals surface area (Å²) in [5.41, 5.74) is 0.356. The molecule has 1 saturated heterocycles. The van der Waals surface area contributed by atoms with Gasteiger partial charge in [0.2, 0.25) is 0 Å². The molecule has 6 heteroatoms. The Morgan fingerprint density at radius 1 is 1.53 bits per heavy atom. The summed E-state index contributed by atoms with van der Waals surface area (Å²) >= 11 is 3.44. The van der Waals surface area contributed by atoms with Gasteiger partial charge in [-0.3, -0.25) is 0 Å². The van der Waals surface area contributed by atoms with Crippen LogP contribution in [0.1, 0.15) is 24.8 Å². The van der Waals surface area contributed by atoms with E-state index in [4.69, 9.17) is 9.84 Å². The number of hydrogen-bond donors (Lipinski definition) is 2. The number of halogens is 1. The number of aromatic nitrogens is 1. The van der Waals surface area contributed by atoms with Crippen molar-refractivity contribution in [3.05, 3.63) is 28.5 Å². The summed E-state index contributed by atoms with van der Waals surface area (Å²) in [6.07, 6.45) is 4.18. The highest BCUT2D eigenvalue weighted by atomic mass is 79.9. The van der Waals surface area contributed by atoms with E-state index in [1.54, 1.807) is 6.20 Å². The highest BCUT2D eigenvalue weighted by Gasteiger charge is 2.36. The number of aliphatic carboxylic acids is 1. The number of hydrogen-bond acceptors (Lipinski definition) is 4. The van der Waals surface area contributed by atoms with Crippen molar-refractivity contribution in [3.8, 4) is 0 Å². The first kappa shape index (κ1) is 14.4. The summed E-state index contributed by atoms with van der Waals surface area (Å²) < 4.78 is 6.49. The number of pyridine rings is 1. The first-order valence-corrected chi connectivity index (χ1v) is 7.11. The van der Waals surface area contributed by atoms with Crippen molar-refractivity contribution in [3.63, 3.8) is 0 Å². The van der Waals surface area contributed by atoms with Gasteiger partial charge in [-0.05, 0) is 54.3 Å². The minimum absolute atomic E-state index is 0.290. The zero-order valence-corrected chi connectivity index (χ0v) is 12.1. The number of carboxylic acids is 1. The second-order valence-electron chi connectivity index (χ2n) is 4.62. The molecule has 1 unspecified atom stereocenters. The molecule has 0 radical (unpaired) electrons. The van der Waals surface area contributed by atoms with E-state index in [0.717, 1.165) is 42.5 Å². The minimum atomic E-state index is -0.948. The Labute approximate surface area is 120 Å². The third-order valence-electron chi connectivity index (χ3n) is 3.36. The first-order valence-electron chi connectivity index (χ1n) is 6.31. The van der Waals surface area contributed by atoms with Crippen LogP contribution < -0.4 is 5.32 Å². The number of rotatable bonds is 4. The molecule has 0 bridgehead atoms. The number of ether oxygens (including phenoxy) is 1. The monoisotopic (exact) mass is 328 g/mol. The Bertz CT molecular complexity index is 445. The van der Waals surface area contributed by atoms with Crippen molar-refractivity contribution in [2.24, 2.45) is 0 Å². The number of nitrogens with zero attached hydrogens (tertiary/aromatic N) is 1. The molecule has 0 aromatic carbocycles. The molecule has 5 nitrogen and oxygen atoms in total. The quantitative estimate of drug-likeness (QED) is 0.826. The predicted molar refractivity (Wildman–Crippen MR) is 73.9 cm³/mol. The lowest BCUT2D eigenvalue weighted by molar-refractivity contribution is -0.151. The maximum atomic E-state index is 10.8. The molecular formula is C13H17BrN2O3. The molecule has 1 aliphatic heterocycles. The van der Waals surface area contributed by atoms with E-state index in [1.165, 1.54) is 0 Å². The molecule has 1 aromatic heterocycles. The van der Waals surface area contributed by atoms with Crippen molar-refractivity contribution >= 4 is 21.9 Å². The molecule has 104 valence electrons. The van der Waals surface area contributed by atoms with Gasteiger partial charge in [-0.1, -0.05) is 6.07 Å². The zero-order valence-electron chi connectivity index (χ0n) is 10.6. The van der Waals surface area contributed by atoms with Crippen molar-refractivity contribution in [1.82, 2.24) is 10.3 Å². The third kappa shape index (κ3) is 3.52. The van der Waals surface area contributed by atoms with Crippen molar-refractivity contribution in [2.45, 2.75) is 24.9 Å². The van der Waals surface area contributed by atoms with Gasteiger partial charge in [-0.2, -0.15) is 0 Å². The molecule has 1 aliphatic rings. The van der Waals surface area contributed by atoms with Gasteiger partial charge in [0.15, 0.2) is 0 Å². The van der Waals surface area contributed by atoms with Crippen LogP contribution in [0.15, 0.2) is 22.9 Å². The fraction of sp³-hybridized carbons (Fsp3) is 0.538. The van der Waals surface area contributed by atoms with Crippen LogP contribution in [0.3, 0.4) is 0 Å². The summed E-state index contributed by atoms with van der Waals surface area (Å²) in [7, 11) is 0. The highest BCUT2D eigenvalue weighted by molar-refractivity contribution is 9.10. The number of carbonyl (C=O) groups is 1. The van der Waals surface area contributed by atoms with Crippen LogP contribution in [0.25, 0.3) is 0 Å². The summed E-state index contributed by atoms with van der Waals surface area (Å²) in [5, 5.41) is 12.2. The fourth-order valence-electron chi connectivity index (χ4n) is 2.46. The molecule has 2 rings (SSSR count). The van der Waals surface area contributed by atoms with E-state index in [-0.39, 0.29) is 6.61 Å². The predicted octanol–water partition coefficient (Wildman–Crippen LogP) is 1.91. The van der Waals surface area contributed by atoms with Crippen molar-refractivity contribution < 1.29 is 14.6 Å². The second-order valence-corrected chi connectivity index (χ2v) is 5.37. The van der Waals surface area contributed by atoms with Gasteiger partial charge in [0.1, 0.15) is 11.2 Å². The zero-order chi connectivity index (χ0) is 13.7. The normalized spacial score (nSPS) is 23.8. The van der Waals surface area contributed by atoms with E-state index in [2.05, 4.69) is 26.2 Å². The van der Waals surface area contributed by atoms with Crippen LogP contribution in [-0.2, 0) is 15.1 Å². The Balaban J connectivity index is 2.32. The molecule has 0 spiro atoms. The topological polar surface area (TPSA) is 71.5 Å². The van der Waals surface area contributed by atoms with Gasteiger partial charge >= 0.3 is 5.97 Å². The van der Waals surface area contributed by atoms with Crippen LogP contribution >= 0.6 is 15.9 Å². The molecular weight excluding hydrogens is 312 g/mol. The lowest BCUT2D eigenvalue weighted by Gasteiger charge is -2.33. The van der Waals surface area contributed by atoms with E-state index in [0.29, 0.717) is 0 Å². The molecule has 2 heterocycles. The van der Waals surface area contributed by atoms with Crippen LogP contribution in [-0.4, -0.2) is 35.8 Å². The smallest absolute Gasteiger partial charge is 0.329 e. The SMILES string of the molecule is O=C(O)COC1(c2cccnc2Br)CCCNCC1. The van der Waals surface area contributed by atoms with E-state index >= 15 is 0 Å². The Morgan fingerprint density at radius 3 is 3.11 bits per heavy atom. The average Bonchev–Trinajstić information content (AvgIpc) is 2.63. The Morgan fingerprint density at radius 2 is 2.37 bits per heavy atom. The summed E-state index contributed by atoms with van der Waals surface area (Å²) in [4.78, 5) is 15.0. The lowest BCUT2D eigenvalue weighted by Crippen LogP contribution is -2.33. The maximum absolute atomic E-state index is 10.8. The van der Waals surface area contributed by atoms with Gasteiger partial charge in [0.05, 0.1) is 5.60 Å². The van der Waals surface area contributed by atoms with Crippen LogP contribution in [0, 0.1) is 0 Å². The summed E-state index contributed by atoms with van der Waals surface area (Å²) in [6, 6.07) is 3.80.